The van der Waals surface area contributed by atoms with Crippen molar-refractivity contribution in [3.63, 3.8) is 0 Å². The quantitative estimate of drug-likeness (QED) is 0.727. The van der Waals surface area contributed by atoms with Crippen molar-refractivity contribution in [2.45, 2.75) is 12.1 Å². The fraction of sp³-hybridized carbons (Fsp3) is 0.417. The van der Waals surface area contributed by atoms with Crippen LogP contribution in [0.1, 0.15) is 10.4 Å². The fourth-order valence-electron chi connectivity index (χ4n) is 1.96. The lowest BCUT2D eigenvalue weighted by Crippen LogP contribution is -2.43. The Hall–Kier alpha value is -0.180. The third-order valence-electron chi connectivity index (χ3n) is 2.95. The Morgan fingerprint density at radius 3 is 3.06 bits per heavy atom. The molecule has 1 amide bonds. The monoisotopic (exact) mass is 424 g/mol. The highest BCUT2D eigenvalue weighted by Gasteiger charge is 2.28. The van der Waals surface area contributed by atoms with Gasteiger partial charge in [0.2, 0.25) is 0 Å². The fourth-order valence-corrected chi connectivity index (χ4v) is 2.88. The SMILES string of the molecule is CO[C@H]1CNCC1NC(=O)c1cc(I)ccc1Br. The smallest absolute Gasteiger partial charge is 0.252 e. The molecule has 0 spiro atoms. The van der Waals surface area contributed by atoms with Crippen molar-refractivity contribution in [1.29, 1.82) is 0 Å². The predicted octanol–water partition coefficient (Wildman–Crippen LogP) is 1.77. The molecule has 0 aromatic heterocycles. The van der Waals surface area contributed by atoms with E-state index in [1.54, 1.807) is 7.11 Å². The maximum Gasteiger partial charge on any atom is 0.252 e. The minimum Gasteiger partial charge on any atom is -0.378 e. The molecule has 2 atom stereocenters. The van der Waals surface area contributed by atoms with Gasteiger partial charge in [-0.05, 0) is 56.7 Å². The number of ether oxygens (including phenoxy) is 1. The van der Waals surface area contributed by atoms with Crippen molar-refractivity contribution in [1.82, 2.24) is 10.6 Å². The number of hydrogen-bond donors (Lipinski definition) is 2. The van der Waals surface area contributed by atoms with Crippen molar-refractivity contribution >= 4 is 44.4 Å². The summed E-state index contributed by atoms with van der Waals surface area (Å²) in [6, 6.07) is 5.73. The highest BCUT2D eigenvalue weighted by molar-refractivity contribution is 14.1. The van der Waals surface area contributed by atoms with Gasteiger partial charge < -0.3 is 15.4 Å². The van der Waals surface area contributed by atoms with E-state index in [9.17, 15) is 4.79 Å². The predicted molar refractivity (Wildman–Crippen MR) is 81.8 cm³/mol. The molecule has 1 aliphatic rings. The first kappa shape index (κ1) is 14.2. The van der Waals surface area contributed by atoms with Crippen molar-refractivity contribution in [2.75, 3.05) is 20.2 Å². The van der Waals surface area contributed by atoms with E-state index in [4.69, 9.17) is 4.74 Å². The molecule has 1 aromatic rings. The molecule has 2 rings (SSSR count). The van der Waals surface area contributed by atoms with Gasteiger partial charge in [-0.2, -0.15) is 0 Å². The summed E-state index contributed by atoms with van der Waals surface area (Å²) in [5.74, 6) is -0.0730. The van der Waals surface area contributed by atoms with Crippen LogP contribution in [0.3, 0.4) is 0 Å². The van der Waals surface area contributed by atoms with E-state index in [0.29, 0.717) is 5.56 Å². The second-order valence-corrected chi connectivity index (χ2v) is 6.24. The normalized spacial score (nSPS) is 23.1. The maximum absolute atomic E-state index is 12.2. The van der Waals surface area contributed by atoms with Gasteiger partial charge in [0.1, 0.15) is 0 Å². The molecule has 0 aliphatic carbocycles. The van der Waals surface area contributed by atoms with Crippen LogP contribution in [-0.2, 0) is 4.74 Å². The first-order chi connectivity index (χ1) is 8.61. The molecule has 1 aliphatic heterocycles. The number of benzene rings is 1. The molecule has 4 nitrogen and oxygen atoms in total. The van der Waals surface area contributed by atoms with Crippen LogP contribution in [0, 0.1) is 3.57 Å². The number of hydrogen-bond acceptors (Lipinski definition) is 3. The number of carbonyl (C=O) groups is 1. The van der Waals surface area contributed by atoms with Gasteiger partial charge in [-0.15, -0.1) is 0 Å². The molecule has 98 valence electrons. The lowest BCUT2D eigenvalue weighted by atomic mass is 10.1. The Morgan fingerprint density at radius 2 is 2.33 bits per heavy atom. The van der Waals surface area contributed by atoms with Crippen LogP contribution in [0.4, 0.5) is 0 Å². The first-order valence-electron chi connectivity index (χ1n) is 5.61. The Bertz CT molecular complexity index is 456. The third-order valence-corrected chi connectivity index (χ3v) is 4.31. The Morgan fingerprint density at radius 1 is 1.56 bits per heavy atom. The summed E-state index contributed by atoms with van der Waals surface area (Å²) in [4.78, 5) is 12.2. The topological polar surface area (TPSA) is 50.4 Å². The van der Waals surface area contributed by atoms with E-state index in [2.05, 4.69) is 49.2 Å². The summed E-state index contributed by atoms with van der Waals surface area (Å²) in [5, 5.41) is 6.21. The van der Waals surface area contributed by atoms with Gasteiger partial charge in [-0.1, -0.05) is 0 Å². The van der Waals surface area contributed by atoms with E-state index in [1.165, 1.54) is 0 Å². The van der Waals surface area contributed by atoms with Gasteiger partial charge in [0.25, 0.3) is 5.91 Å². The van der Waals surface area contributed by atoms with Crippen molar-refractivity contribution < 1.29 is 9.53 Å². The summed E-state index contributed by atoms with van der Waals surface area (Å²) in [6.07, 6.45) is 0.0375. The van der Waals surface area contributed by atoms with E-state index in [0.717, 1.165) is 21.1 Å². The summed E-state index contributed by atoms with van der Waals surface area (Å²) in [6.45, 7) is 1.51. The zero-order valence-corrected chi connectivity index (χ0v) is 13.6. The molecule has 0 saturated carbocycles. The molecule has 0 bridgehead atoms. The zero-order valence-electron chi connectivity index (χ0n) is 9.87. The molecule has 1 unspecified atom stereocenters. The first-order valence-corrected chi connectivity index (χ1v) is 7.48. The Balaban J connectivity index is 2.09. The second-order valence-electron chi connectivity index (χ2n) is 4.14. The molecule has 6 heteroatoms. The molecule has 1 heterocycles. The molecule has 1 aromatic carbocycles. The second kappa shape index (κ2) is 6.31. The molecular formula is C12H14BrIN2O2. The van der Waals surface area contributed by atoms with E-state index < -0.39 is 0 Å². The van der Waals surface area contributed by atoms with Crippen LogP contribution >= 0.6 is 38.5 Å². The summed E-state index contributed by atoms with van der Waals surface area (Å²) < 4.78 is 7.17. The number of rotatable bonds is 3. The Labute approximate surface area is 128 Å². The zero-order chi connectivity index (χ0) is 13.1. The number of carbonyl (C=O) groups excluding carboxylic acids is 1. The van der Waals surface area contributed by atoms with Crippen LogP contribution < -0.4 is 10.6 Å². The molecule has 1 fully saturated rings. The van der Waals surface area contributed by atoms with Gasteiger partial charge in [0, 0.05) is 28.2 Å². The standard InChI is InChI=1S/C12H14BrIN2O2/c1-18-11-6-15-5-10(11)16-12(17)8-4-7(14)2-3-9(8)13/h2-4,10-11,15H,5-6H2,1H3,(H,16,17)/t10?,11-/m0/s1. The maximum atomic E-state index is 12.2. The highest BCUT2D eigenvalue weighted by Crippen LogP contribution is 2.20. The van der Waals surface area contributed by atoms with Crippen molar-refractivity contribution in [3.05, 3.63) is 31.8 Å². The van der Waals surface area contributed by atoms with Gasteiger partial charge in [0.05, 0.1) is 17.7 Å². The van der Waals surface area contributed by atoms with Crippen LogP contribution in [0.25, 0.3) is 0 Å². The third kappa shape index (κ3) is 3.23. The van der Waals surface area contributed by atoms with Crippen molar-refractivity contribution in [3.8, 4) is 0 Å². The number of methoxy groups -OCH3 is 1. The summed E-state index contributed by atoms with van der Waals surface area (Å²) >= 11 is 5.60. The minimum atomic E-state index is -0.0730. The molecule has 0 radical (unpaired) electrons. The molecule has 2 N–H and O–H groups in total. The lowest BCUT2D eigenvalue weighted by Gasteiger charge is -2.19. The number of amides is 1. The average Bonchev–Trinajstić information content (AvgIpc) is 2.79. The minimum absolute atomic E-state index is 0.0206. The molecular weight excluding hydrogens is 411 g/mol. The summed E-state index contributed by atoms with van der Waals surface area (Å²) in [7, 11) is 1.66. The summed E-state index contributed by atoms with van der Waals surface area (Å²) in [5.41, 5.74) is 0.656. The van der Waals surface area contributed by atoms with Crippen LogP contribution in [-0.4, -0.2) is 38.3 Å². The number of nitrogens with one attached hydrogen (secondary N) is 2. The van der Waals surface area contributed by atoms with Crippen LogP contribution in [0.5, 0.6) is 0 Å². The average molecular weight is 425 g/mol. The van der Waals surface area contributed by atoms with Gasteiger partial charge in [0.15, 0.2) is 0 Å². The molecule has 1 saturated heterocycles. The highest BCUT2D eigenvalue weighted by atomic mass is 127. The molecule has 18 heavy (non-hydrogen) atoms. The largest absolute Gasteiger partial charge is 0.378 e. The van der Waals surface area contributed by atoms with E-state index in [1.807, 2.05) is 18.2 Å². The number of halogens is 2. The van der Waals surface area contributed by atoms with E-state index in [-0.39, 0.29) is 18.1 Å². The van der Waals surface area contributed by atoms with Crippen LogP contribution in [0.2, 0.25) is 0 Å². The van der Waals surface area contributed by atoms with E-state index >= 15 is 0 Å². The van der Waals surface area contributed by atoms with Gasteiger partial charge >= 0.3 is 0 Å². The Kier molecular flexibility index (Phi) is 4.99. The lowest BCUT2D eigenvalue weighted by molar-refractivity contribution is 0.0779. The van der Waals surface area contributed by atoms with Gasteiger partial charge in [-0.3, -0.25) is 4.79 Å². The van der Waals surface area contributed by atoms with Crippen LogP contribution in [0.15, 0.2) is 22.7 Å². The van der Waals surface area contributed by atoms with Crippen molar-refractivity contribution in [2.24, 2.45) is 0 Å². The van der Waals surface area contributed by atoms with Gasteiger partial charge in [-0.25, -0.2) is 0 Å².